The Kier molecular flexibility index (Phi) is 2.69. The molecule has 1 aliphatic heterocycles. The summed E-state index contributed by atoms with van der Waals surface area (Å²) < 4.78 is 0. The van der Waals surface area contributed by atoms with Crippen LogP contribution in [0.5, 0.6) is 0 Å². The molecule has 17 heavy (non-hydrogen) atoms. The van der Waals surface area contributed by atoms with Crippen molar-refractivity contribution < 1.29 is 5.11 Å². The molecule has 1 saturated heterocycles. The number of halogens is 1. The van der Waals surface area contributed by atoms with Gasteiger partial charge in [0.25, 0.3) is 0 Å². The molecule has 0 aromatic heterocycles. The highest BCUT2D eigenvalue weighted by atomic mass is 35.5. The molecular weight excluding hydrogens is 234 g/mol. The SMILES string of the molecule is CN1CC(c2ccc(CC3(O)CC3)cc2Cl)C1. The molecule has 0 spiro atoms. The summed E-state index contributed by atoms with van der Waals surface area (Å²) in [5, 5.41) is 10.8. The Morgan fingerprint density at radius 3 is 2.65 bits per heavy atom. The first-order valence-corrected chi connectivity index (χ1v) is 6.63. The Morgan fingerprint density at radius 1 is 1.41 bits per heavy atom. The molecule has 1 saturated carbocycles. The number of likely N-dealkylation sites (tertiary alicyclic amines) is 1. The molecule has 0 unspecified atom stereocenters. The van der Waals surface area contributed by atoms with Gasteiger partial charge in [0, 0.05) is 30.5 Å². The standard InChI is InChI=1S/C14H18ClNO/c1-16-8-11(9-16)12-3-2-10(6-13(12)15)7-14(17)4-5-14/h2-3,6,11,17H,4-5,7-9H2,1H3. The van der Waals surface area contributed by atoms with Gasteiger partial charge in [-0.2, -0.15) is 0 Å². The maximum absolute atomic E-state index is 9.89. The molecule has 1 aromatic carbocycles. The van der Waals surface area contributed by atoms with E-state index in [4.69, 9.17) is 11.6 Å². The van der Waals surface area contributed by atoms with Gasteiger partial charge in [0.15, 0.2) is 0 Å². The maximum atomic E-state index is 9.89. The third-order valence-corrected chi connectivity index (χ3v) is 4.26. The van der Waals surface area contributed by atoms with Gasteiger partial charge in [-0.25, -0.2) is 0 Å². The summed E-state index contributed by atoms with van der Waals surface area (Å²) in [7, 11) is 2.13. The minimum atomic E-state index is -0.429. The van der Waals surface area contributed by atoms with Crippen molar-refractivity contribution in [2.45, 2.75) is 30.8 Å². The van der Waals surface area contributed by atoms with E-state index in [1.807, 2.05) is 6.07 Å². The van der Waals surface area contributed by atoms with Gasteiger partial charge in [0.2, 0.25) is 0 Å². The fraction of sp³-hybridized carbons (Fsp3) is 0.571. The number of likely N-dealkylation sites (N-methyl/N-ethyl adjacent to an activating group) is 1. The number of benzene rings is 1. The lowest BCUT2D eigenvalue weighted by atomic mass is 9.91. The first-order valence-electron chi connectivity index (χ1n) is 6.25. The van der Waals surface area contributed by atoms with Crippen LogP contribution in [0.4, 0.5) is 0 Å². The average molecular weight is 252 g/mol. The minimum absolute atomic E-state index is 0.429. The Labute approximate surface area is 107 Å². The molecule has 0 atom stereocenters. The molecule has 3 heteroatoms. The van der Waals surface area contributed by atoms with E-state index in [9.17, 15) is 5.11 Å². The van der Waals surface area contributed by atoms with Crippen molar-refractivity contribution >= 4 is 11.6 Å². The summed E-state index contributed by atoms with van der Waals surface area (Å²) in [6.45, 7) is 2.20. The monoisotopic (exact) mass is 251 g/mol. The van der Waals surface area contributed by atoms with Crippen LogP contribution in [-0.2, 0) is 6.42 Å². The summed E-state index contributed by atoms with van der Waals surface area (Å²) >= 11 is 6.33. The Hall–Kier alpha value is -0.570. The summed E-state index contributed by atoms with van der Waals surface area (Å²) in [4.78, 5) is 2.29. The van der Waals surface area contributed by atoms with Crippen molar-refractivity contribution in [2.24, 2.45) is 0 Å². The van der Waals surface area contributed by atoms with Gasteiger partial charge < -0.3 is 10.0 Å². The highest BCUT2D eigenvalue weighted by molar-refractivity contribution is 6.31. The van der Waals surface area contributed by atoms with Crippen molar-refractivity contribution in [1.29, 1.82) is 0 Å². The van der Waals surface area contributed by atoms with Crippen LogP contribution in [0, 0.1) is 0 Å². The molecule has 0 bridgehead atoms. The second-order valence-electron chi connectivity index (χ2n) is 5.68. The number of hydrogen-bond acceptors (Lipinski definition) is 2. The third-order valence-electron chi connectivity index (χ3n) is 3.93. The van der Waals surface area contributed by atoms with E-state index >= 15 is 0 Å². The summed E-state index contributed by atoms with van der Waals surface area (Å²) in [5.74, 6) is 0.588. The molecular formula is C14H18ClNO. The second-order valence-corrected chi connectivity index (χ2v) is 6.08. The lowest BCUT2D eigenvalue weighted by molar-refractivity contribution is 0.151. The lowest BCUT2D eigenvalue weighted by Crippen LogP contribution is -2.41. The summed E-state index contributed by atoms with van der Waals surface area (Å²) in [6.07, 6.45) is 2.61. The third kappa shape index (κ3) is 2.35. The molecule has 2 aliphatic rings. The smallest absolute Gasteiger partial charge is 0.0690 e. The van der Waals surface area contributed by atoms with Crippen LogP contribution in [0.3, 0.4) is 0 Å². The quantitative estimate of drug-likeness (QED) is 0.892. The first-order chi connectivity index (χ1) is 8.06. The molecule has 1 N–H and O–H groups in total. The van der Waals surface area contributed by atoms with Gasteiger partial charge in [-0.05, 0) is 37.1 Å². The van der Waals surface area contributed by atoms with Gasteiger partial charge in [0.05, 0.1) is 5.60 Å². The number of rotatable bonds is 3. The van der Waals surface area contributed by atoms with Crippen molar-refractivity contribution in [3.8, 4) is 0 Å². The van der Waals surface area contributed by atoms with Crippen LogP contribution in [-0.4, -0.2) is 35.7 Å². The summed E-state index contributed by atoms with van der Waals surface area (Å²) in [5.41, 5.74) is 1.99. The zero-order valence-electron chi connectivity index (χ0n) is 10.1. The van der Waals surface area contributed by atoms with Crippen molar-refractivity contribution in [2.75, 3.05) is 20.1 Å². The molecule has 3 rings (SSSR count). The maximum Gasteiger partial charge on any atom is 0.0690 e. The Morgan fingerprint density at radius 2 is 2.12 bits per heavy atom. The van der Waals surface area contributed by atoms with E-state index < -0.39 is 5.60 Å². The summed E-state index contributed by atoms with van der Waals surface area (Å²) in [6, 6.07) is 6.29. The number of hydrogen-bond donors (Lipinski definition) is 1. The predicted octanol–water partition coefficient (Wildman–Crippen LogP) is 2.44. The zero-order chi connectivity index (χ0) is 12.0. The van der Waals surface area contributed by atoms with E-state index in [1.54, 1.807) is 0 Å². The van der Waals surface area contributed by atoms with Crippen molar-refractivity contribution in [3.05, 3.63) is 34.3 Å². The number of nitrogens with zero attached hydrogens (tertiary/aromatic N) is 1. The van der Waals surface area contributed by atoms with Crippen molar-refractivity contribution in [1.82, 2.24) is 4.90 Å². The molecule has 2 nitrogen and oxygen atoms in total. The fourth-order valence-electron chi connectivity index (χ4n) is 2.61. The Bertz CT molecular complexity index is 436. The van der Waals surface area contributed by atoms with Crippen LogP contribution >= 0.6 is 11.6 Å². The van der Waals surface area contributed by atoms with Gasteiger partial charge in [-0.1, -0.05) is 23.7 Å². The highest BCUT2D eigenvalue weighted by Gasteiger charge is 2.40. The normalized spacial score (nSPS) is 23.5. The highest BCUT2D eigenvalue weighted by Crippen LogP contribution is 2.39. The van der Waals surface area contributed by atoms with Gasteiger partial charge in [-0.3, -0.25) is 0 Å². The van der Waals surface area contributed by atoms with Crippen LogP contribution < -0.4 is 0 Å². The van der Waals surface area contributed by atoms with Crippen LogP contribution in [0.1, 0.15) is 29.9 Å². The van der Waals surface area contributed by atoms with E-state index in [2.05, 4.69) is 24.1 Å². The first kappa shape index (κ1) is 11.5. The molecule has 1 heterocycles. The predicted molar refractivity (Wildman–Crippen MR) is 69.6 cm³/mol. The minimum Gasteiger partial charge on any atom is -0.390 e. The Balaban J connectivity index is 1.74. The molecule has 0 amide bonds. The fourth-order valence-corrected chi connectivity index (χ4v) is 2.97. The van der Waals surface area contributed by atoms with E-state index in [0.29, 0.717) is 5.92 Å². The lowest BCUT2D eigenvalue weighted by Gasteiger charge is -2.37. The van der Waals surface area contributed by atoms with Crippen LogP contribution in [0.15, 0.2) is 18.2 Å². The van der Waals surface area contributed by atoms with Gasteiger partial charge in [0.1, 0.15) is 0 Å². The average Bonchev–Trinajstić information content (AvgIpc) is 2.92. The molecule has 1 aliphatic carbocycles. The van der Waals surface area contributed by atoms with Crippen LogP contribution in [0.25, 0.3) is 0 Å². The molecule has 2 fully saturated rings. The second kappa shape index (κ2) is 3.98. The molecule has 92 valence electrons. The van der Waals surface area contributed by atoms with E-state index in [1.165, 1.54) is 5.56 Å². The van der Waals surface area contributed by atoms with E-state index in [0.717, 1.165) is 42.9 Å². The van der Waals surface area contributed by atoms with Gasteiger partial charge >= 0.3 is 0 Å². The molecule has 0 radical (unpaired) electrons. The van der Waals surface area contributed by atoms with E-state index in [-0.39, 0.29) is 0 Å². The van der Waals surface area contributed by atoms with Crippen LogP contribution in [0.2, 0.25) is 5.02 Å². The van der Waals surface area contributed by atoms with Crippen molar-refractivity contribution in [3.63, 3.8) is 0 Å². The largest absolute Gasteiger partial charge is 0.390 e. The zero-order valence-corrected chi connectivity index (χ0v) is 10.9. The van der Waals surface area contributed by atoms with Gasteiger partial charge in [-0.15, -0.1) is 0 Å². The molecule has 1 aromatic rings. The topological polar surface area (TPSA) is 23.5 Å². The number of aliphatic hydroxyl groups is 1.